The maximum atomic E-state index is 12.3. The number of hydrogen-bond acceptors (Lipinski definition) is 3. The Kier molecular flexibility index (Phi) is 5.55. The summed E-state index contributed by atoms with van der Waals surface area (Å²) >= 11 is 11.9. The first kappa shape index (κ1) is 18.7. The molecule has 0 spiro atoms. The van der Waals surface area contributed by atoms with Gasteiger partial charge in [-0.05, 0) is 54.8 Å². The Balaban J connectivity index is 2.27. The normalized spacial score (nSPS) is 11.4. The van der Waals surface area contributed by atoms with Crippen LogP contribution in [-0.2, 0) is 21.2 Å². The number of amides is 1. The Labute approximate surface area is 150 Å². The number of nitrogens with one attached hydrogen (secondary N) is 1. The average Bonchev–Trinajstić information content (AvgIpc) is 2.45. The molecule has 0 fully saturated rings. The first-order valence-electron chi connectivity index (χ1n) is 6.96. The summed E-state index contributed by atoms with van der Waals surface area (Å²) in [6, 6.07) is 7.69. The molecule has 0 radical (unpaired) electrons. The topological polar surface area (TPSA) is 89.3 Å². The van der Waals surface area contributed by atoms with E-state index < -0.39 is 10.0 Å². The summed E-state index contributed by atoms with van der Waals surface area (Å²) in [5, 5.41) is 8.74. The van der Waals surface area contributed by atoms with Crippen molar-refractivity contribution < 1.29 is 13.2 Å². The highest BCUT2D eigenvalue weighted by Crippen LogP contribution is 2.25. The quantitative estimate of drug-likeness (QED) is 0.842. The monoisotopic (exact) mass is 386 g/mol. The van der Waals surface area contributed by atoms with Crippen LogP contribution in [0, 0.1) is 13.8 Å². The van der Waals surface area contributed by atoms with Crippen molar-refractivity contribution in [3.05, 3.63) is 57.1 Å². The van der Waals surface area contributed by atoms with Crippen LogP contribution in [0.4, 0.5) is 5.69 Å². The predicted octanol–water partition coefficient (Wildman–Crippen LogP) is 3.44. The Hall–Kier alpha value is -1.60. The fourth-order valence-electron chi connectivity index (χ4n) is 2.15. The van der Waals surface area contributed by atoms with Crippen LogP contribution in [0.3, 0.4) is 0 Å². The number of nitrogens with two attached hydrogens (primary N) is 1. The van der Waals surface area contributed by atoms with Crippen LogP contribution in [0.1, 0.15) is 16.7 Å². The van der Waals surface area contributed by atoms with E-state index in [1.165, 1.54) is 12.1 Å². The number of benzene rings is 2. The lowest BCUT2D eigenvalue weighted by molar-refractivity contribution is -0.115. The molecule has 2 aromatic rings. The zero-order chi connectivity index (χ0) is 18.1. The average molecular weight is 387 g/mol. The standard InChI is InChI=1S/C16H16Cl2N2O3S/c1-9-5-13(24(19,22)23)8-15(10(9)2)20-16(21)6-11-3-4-12(17)7-14(11)18/h3-5,7-8H,6H2,1-2H3,(H,20,21)(H2,19,22,23). The smallest absolute Gasteiger partial charge is 0.238 e. The van der Waals surface area contributed by atoms with Gasteiger partial charge < -0.3 is 5.32 Å². The number of carbonyl (C=O) groups is 1. The molecule has 0 unspecified atom stereocenters. The lowest BCUT2D eigenvalue weighted by atomic mass is 10.1. The molecule has 0 aromatic heterocycles. The minimum Gasteiger partial charge on any atom is -0.326 e. The molecule has 0 aliphatic carbocycles. The van der Waals surface area contributed by atoms with Crippen LogP contribution in [0.5, 0.6) is 0 Å². The highest BCUT2D eigenvalue weighted by Gasteiger charge is 2.15. The van der Waals surface area contributed by atoms with Crippen molar-refractivity contribution in [1.82, 2.24) is 0 Å². The van der Waals surface area contributed by atoms with Crippen LogP contribution in [0.2, 0.25) is 10.0 Å². The molecule has 0 aliphatic heterocycles. The van der Waals surface area contributed by atoms with Crippen LogP contribution in [0.25, 0.3) is 0 Å². The molecule has 5 nitrogen and oxygen atoms in total. The number of rotatable bonds is 4. The maximum Gasteiger partial charge on any atom is 0.238 e. The van der Waals surface area contributed by atoms with Gasteiger partial charge in [0.15, 0.2) is 0 Å². The lowest BCUT2D eigenvalue weighted by Gasteiger charge is -2.13. The summed E-state index contributed by atoms with van der Waals surface area (Å²) in [5.74, 6) is -0.326. The summed E-state index contributed by atoms with van der Waals surface area (Å²) in [6.07, 6.45) is 0.0358. The summed E-state index contributed by atoms with van der Waals surface area (Å²) in [6.45, 7) is 3.53. The molecule has 0 atom stereocenters. The van der Waals surface area contributed by atoms with Gasteiger partial charge in [-0.1, -0.05) is 29.3 Å². The highest BCUT2D eigenvalue weighted by atomic mass is 35.5. The van der Waals surface area contributed by atoms with E-state index in [1.807, 2.05) is 0 Å². The number of anilines is 1. The van der Waals surface area contributed by atoms with Gasteiger partial charge in [-0.15, -0.1) is 0 Å². The third-order valence-electron chi connectivity index (χ3n) is 3.61. The van der Waals surface area contributed by atoms with Gasteiger partial charge in [-0.25, -0.2) is 13.6 Å². The van der Waals surface area contributed by atoms with Crippen molar-refractivity contribution >= 4 is 44.8 Å². The van der Waals surface area contributed by atoms with Crippen molar-refractivity contribution in [2.24, 2.45) is 5.14 Å². The van der Waals surface area contributed by atoms with Crippen molar-refractivity contribution in [2.45, 2.75) is 25.2 Å². The minimum atomic E-state index is -3.86. The van der Waals surface area contributed by atoms with E-state index in [2.05, 4.69) is 5.32 Å². The Morgan fingerprint density at radius 2 is 1.83 bits per heavy atom. The van der Waals surface area contributed by atoms with Gasteiger partial charge >= 0.3 is 0 Å². The van der Waals surface area contributed by atoms with Crippen molar-refractivity contribution in [3.8, 4) is 0 Å². The predicted molar refractivity (Wildman–Crippen MR) is 96.1 cm³/mol. The van der Waals surface area contributed by atoms with E-state index >= 15 is 0 Å². The van der Waals surface area contributed by atoms with Crippen LogP contribution < -0.4 is 10.5 Å². The van der Waals surface area contributed by atoms with Crippen LogP contribution in [0.15, 0.2) is 35.2 Å². The summed E-state index contributed by atoms with van der Waals surface area (Å²) < 4.78 is 23.1. The Bertz CT molecular complexity index is 912. The molecule has 8 heteroatoms. The molecular formula is C16H16Cl2N2O3S. The minimum absolute atomic E-state index is 0.0358. The molecule has 24 heavy (non-hydrogen) atoms. The van der Waals surface area contributed by atoms with Gasteiger partial charge in [0.25, 0.3) is 0 Å². The van der Waals surface area contributed by atoms with Gasteiger partial charge in [0.05, 0.1) is 11.3 Å². The number of carbonyl (C=O) groups excluding carboxylic acids is 1. The van der Waals surface area contributed by atoms with Crippen molar-refractivity contribution in [1.29, 1.82) is 0 Å². The van der Waals surface area contributed by atoms with E-state index in [-0.39, 0.29) is 17.2 Å². The molecular weight excluding hydrogens is 371 g/mol. The number of sulfonamides is 1. The first-order valence-corrected chi connectivity index (χ1v) is 9.26. The summed E-state index contributed by atoms with van der Waals surface area (Å²) in [4.78, 5) is 12.2. The summed E-state index contributed by atoms with van der Waals surface area (Å²) in [7, 11) is -3.86. The molecule has 2 aromatic carbocycles. The van der Waals surface area contributed by atoms with E-state index in [0.29, 0.717) is 26.9 Å². The molecule has 2 rings (SSSR count). The second-order valence-electron chi connectivity index (χ2n) is 5.42. The zero-order valence-corrected chi connectivity index (χ0v) is 15.4. The van der Waals surface area contributed by atoms with E-state index in [4.69, 9.17) is 28.3 Å². The summed E-state index contributed by atoms with van der Waals surface area (Å²) in [5.41, 5.74) is 2.49. The van der Waals surface area contributed by atoms with Crippen molar-refractivity contribution in [3.63, 3.8) is 0 Å². The molecule has 128 valence electrons. The molecule has 0 saturated carbocycles. The third kappa shape index (κ3) is 4.48. The fourth-order valence-corrected chi connectivity index (χ4v) is 3.25. The van der Waals surface area contributed by atoms with Crippen molar-refractivity contribution in [2.75, 3.05) is 5.32 Å². The largest absolute Gasteiger partial charge is 0.326 e. The number of aryl methyl sites for hydroxylation is 1. The Morgan fingerprint density at radius 1 is 1.17 bits per heavy atom. The van der Waals surface area contributed by atoms with Gasteiger partial charge in [0.2, 0.25) is 15.9 Å². The molecule has 0 bridgehead atoms. The van der Waals surface area contributed by atoms with E-state index in [0.717, 1.165) is 5.56 Å². The molecule has 3 N–H and O–H groups in total. The van der Waals surface area contributed by atoms with Crippen LogP contribution >= 0.6 is 23.2 Å². The lowest BCUT2D eigenvalue weighted by Crippen LogP contribution is -2.18. The van der Waals surface area contributed by atoms with Gasteiger partial charge in [-0.2, -0.15) is 0 Å². The number of primary sulfonamides is 1. The first-order chi connectivity index (χ1) is 11.1. The number of hydrogen-bond donors (Lipinski definition) is 2. The molecule has 0 aliphatic rings. The van der Waals surface area contributed by atoms with Crippen LogP contribution in [-0.4, -0.2) is 14.3 Å². The van der Waals surface area contributed by atoms with Gasteiger partial charge in [0.1, 0.15) is 0 Å². The van der Waals surface area contributed by atoms with Gasteiger partial charge in [0, 0.05) is 15.7 Å². The molecule has 0 saturated heterocycles. The Morgan fingerprint density at radius 3 is 2.42 bits per heavy atom. The third-order valence-corrected chi connectivity index (χ3v) is 5.09. The van der Waals surface area contributed by atoms with E-state index in [9.17, 15) is 13.2 Å². The second-order valence-corrected chi connectivity index (χ2v) is 7.82. The highest BCUT2D eigenvalue weighted by molar-refractivity contribution is 7.89. The van der Waals surface area contributed by atoms with Gasteiger partial charge in [-0.3, -0.25) is 4.79 Å². The van der Waals surface area contributed by atoms with E-state index in [1.54, 1.807) is 32.0 Å². The molecule has 1 amide bonds. The molecule has 0 heterocycles. The maximum absolute atomic E-state index is 12.3. The second kappa shape index (κ2) is 7.11. The SMILES string of the molecule is Cc1cc(S(N)(=O)=O)cc(NC(=O)Cc2ccc(Cl)cc2Cl)c1C. The number of halogens is 2. The zero-order valence-electron chi connectivity index (χ0n) is 13.1. The fraction of sp³-hybridized carbons (Fsp3) is 0.188.